The Morgan fingerprint density at radius 3 is 2.56 bits per heavy atom. The summed E-state index contributed by atoms with van der Waals surface area (Å²) in [5.74, 6) is 0.341. The fraction of sp³-hybridized carbons (Fsp3) is 0.722. The second-order valence-electron chi connectivity index (χ2n) is 7.02. The van der Waals surface area contributed by atoms with Crippen molar-refractivity contribution in [2.75, 3.05) is 19.6 Å². The molecule has 25 heavy (non-hydrogen) atoms. The van der Waals surface area contributed by atoms with E-state index in [9.17, 15) is 9.59 Å². The fourth-order valence-electron chi connectivity index (χ4n) is 3.09. The zero-order chi connectivity index (χ0) is 18.4. The molecular weight excluding hydrogens is 384 g/mol. The molecule has 1 fully saturated rings. The maximum absolute atomic E-state index is 12.7. The number of likely N-dealkylation sites (tertiary alicyclic amines) is 1. The Kier molecular flexibility index (Phi) is 7.47. The molecule has 2 N–H and O–H groups in total. The lowest BCUT2D eigenvalue weighted by atomic mass is 9.95. The Morgan fingerprint density at radius 1 is 1.32 bits per heavy atom. The van der Waals surface area contributed by atoms with Crippen molar-refractivity contribution in [3.63, 3.8) is 0 Å². The van der Waals surface area contributed by atoms with Gasteiger partial charge in [0.05, 0.1) is 10.2 Å². The van der Waals surface area contributed by atoms with Crippen molar-refractivity contribution in [3.05, 3.63) is 15.9 Å². The minimum atomic E-state index is -0.0724. The molecule has 0 aliphatic carbocycles. The summed E-state index contributed by atoms with van der Waals surface area (Å²) < 4.78 is 0.753. The van der Waals surface area contributed by atoms with Crippen LogP contribution in [-0.4, -0.2) is 46.5 Å². The number of amides is 2. The highest BCUT2D eigenvalue weighted by molar-refractivity contribution is 9.10. The van der Waals surface area contributed by atoms with E-state index in [4.69, 9.17) is 0 Å². The van der Waals surface area contributed by atoms with Crippen molar-refractivity contribution in [1.29, 1.82) is 0 Å². The topological polar surface area (TPSA) is 78.1 Å². The number of aromatic amines is 1. The van der Waals surface area contributed by atoms with E-state index in [1.807, 2.05) is 0 Å². The van der Waals surface area contributed by atoms with Gasteiger partial charge >= 0.3 is 0 Å². The summed E-state index contributed by atoms with van der Waals surface area (Å²) in [4.78, 5) is 26.7. The molecule has 0 atom stereocenters. The molecule has 0 spiro atoms. The lowest BCUT2D eigenvalue weighted by Gasteiger charge is -2.31. The van der Waals surface area contributed by atoms with Crippen LogP contribution in [0.4, 0.5) is 0 Å². The van der Waals surface area contributed by atoms with Gasteiger partial charge in [-0.1, -0.05) is 33.6 Å². The number of piperidine rings is 1. The summed E-state index contributed by atoms with van der Waals surface area (Å²) in [5.41, 5.74) is 1.37. The maximum Gasteiger partial charge on any atom is 0.275 e. The predicted octanol–water partition coefficient (Wildman–Crippen LogP) is 3.45. The van der Waals surface area contributed by atoms with Crippen molar-refractivity contribution in [3.8, 4) is 0 Å². The quantitative estimate of drug-likeness (QED) is 0.672. The van der Waals surface area contributed by atoms with Crippen molar-refractivity contribution < 1.29 is 9.59 Å². The molecule has 2 heterocycles. The Labute approximate surface area is 158 Å². The second-order valence-corrected chi connectivity index (χ2v) is 7.81. The van der Waals surface area contributed by atoms with Crippen LogP contribution in [0.1, 0.15) is 75.0 Å². The molecule has 0 aromatic carbocycles. The van der Waals surface area contributed by atoms with Crippen LogP contribution in [0.15, 0.2) is 4.47 Å². The number of hydrogen-bond acceptors (Lipinski definition) is 3. The summed E-state index contributed by atoms with van der Waals surface area (Å²) in [7, 11) is 0. The van der Waals surface area contributed by atoms with Crippen LogP contribution in [0, 0.1) is 5.92 Å². The van der Waals surface area contributed by atoms with Crippen LogP contribution in [-0.2, 0) is 4.79 Å². The normalized spacial score (nSPS) is 15.6. The maximum atomic E-state index is 12.7. The second kappa shape index (κ2) is 9.36. The van der Waals surface area contributed by atoms with Gasteiger partial charge in [0, 0.05) is 25.6 Å². The van der Waals surface area contributed by atoms with Gasteiger partial charge in [0.15, 0.2) is 5.69 Å². The Hall–Kier alpha value is -1.37. The predicted molar refractivity (Wildman–Crippen MR) is 102 cm³/mol. The first-order valence-corrected chi connectivity index (χ1v) is 10.1. The van der Waals surface area contributed by atoms with E-state index >= 15 is 0 Å². The molecule has 0 saturated carbocycles. The zero-order valence-corrected chi connectivity index (χ0v) is 17.0. The van der Waals surface area contributed by atoms with E-state index in [-0.39, 0.29) is 23.7 Å². The SMILES string of the molecule is CCCCCNC(=O)C1CCN(C(=O)c2n[nH]c(C(C)C)c2Br)CC1. The number of unbranched alkanes of at least 4 members (excludes halogenated alkanes) is 2. The number of hydrogen-bond donors (Lipinski definition) is 2. The molecule has 0 radical (unpaired) electrons. The average molecular weight is 413 g/mol. The summed E-state index contributed by atoms with van der Waals surface area (Å²) in [6.45, 7) is 8.21. The molecule has 140 valence electrons. The summed E-state index contributed by atoms with van der Waals surface area (Å²) in [6, 6.07) is 0. The Bertz CT molecular complexity index is 592. The van der Waals surface area contributed by atoms with Crippen LogP contribution < -0.4 is 5.32 Å². The van der Waals surface area contributed by atoms with Gasteiger partial charge < -0.3 is 10.2 Å². The van der Waals surface area contributed by atoms with Crippen molar-refractivity contribution in [2.45, 2.75) is 58.8 Å². The molecule has 2 rings (SSSR count). The van der Waals surface area contributed by atoms with Crippen LogP contribution in [0.2, 0.25) is 0 Å². The molecule has 2 amide bonds. The Morgan fingerprint density at radius 2 is 2.00 bits per heavy atom. The molecule has 7 heteroatoms. The van der Waals surface area contributed by atoms with Crippen molar-refractivity contribution >= 4 is 27.7 Å². The molecule has 1 aliphatic rings. The standard InChI is InChI=1S/C18H29BrN4O2/c1-4-5-6-9-20-17(24)13-7-10-23(11-8-13)18(25)16-14(19)15(12(2)3)21-22-16/h12-13H,4-11H2,1-3H3,(H,20,24)(H,21,22). The number of rotatable bonds is 7. The number of nitrogens with zero attached hydrogens (tertiary/aromatic N) is 2. The highest BCUT2D eigenvalue weighted by Gasteiger charge is 2.30. The molecule has 0 bridgehead atoms. The number of H-pyrrole nitrogens is 1. The number of halogens is 1. The molecule has 1 saturated heterocycles. The van der Waals surface area contributed by atoms with Crippen LogP contribution in [0.3, 0.4) is 0 Å². The van der Waals surface area contributed by atoms with Gasteiger partial charge in [0.1, 0.15) is 0 Å². The first kappa shape index (κ1) is 19.9. The molecule has 1 aromatic rings. The van der Waals surface area contributed by atoms with E-state index in [0.29, 0.717) is 31.6 Å². The van der Waals surface area contributed by atoms with Crippen molar-refractivity contribution in [1.82, 2.24) is 20.4 Å². The summed E-state index contributed by atoms with van der Waals surface area (Å²) in [6.07, 6.45) is 4.75. The van der Waals surface area contributed by atoms with E-state index in [1.165, 1.54) is 0 Å². The van der Waals surface area contributed by atoms with Crippen LogP contribution in [0.5, 0.6) is 0 Å². The van der Waals surface area contributed by atoms with Gasteiger partial charge in [-0.15, -0.1) is 0 Å². The van der Waals surface area contributed by atoms with E-state index in [2.05, 4.69) is 52.2 Å². The zero-order valence-electron chi connectivity index (χ0n) is 15.4. The van der Waals surface area contributed by atoms with Gasteiger partial charge in [0.25, 0.3) is 5.91 Å². The third kappa shape index (κ3) is 5.06. The van der Waals surface area contributed by atoms with Crippen LogP contribution >= 0.6 is 15.9 Å². The minimum Gasteiger partial charge on any atom is -0.356 e. The third-order valence-corrected chi connectivity index (χ3v) is 5.55. The number of carbonyl (C=O) groups is 2. The monoisotopic (exact) mass is 412 g/mol. The lowest BCUT2D eigenvalue weighted by Crippen LogP contribution is -2.43. The first-order valence-electron chi connectivity index (χ1n) is 9.26. The van der Waals surface area contributed by atoms with Gasteiger partial charge in [-0.2, -0.15) is 5.10 Å². The van der Waals surface area contributed by atoms with E-state index < -0.39 is 0 Å². The van der Waals surface area contributed by atoms with Gasteiger partial charge in [0.2, 0.25) is 5.91 Å². The van der Waals surface area contributed by atoms with E-state index in [0.717, 1.165) is 36.0 Å². The van der Waals surface area contributed by atoms with Gasteiger partial charge in [-0.25, -0.2) is 0 Å². The number of carbonyl (C=O) groups excluding carboxylic acids is 2. The minimum absolute atomic E-state index is 0.0135. The molecule has 1 aliphatic heterocycles. The average Bonchev–Trinajstić information content (AvgIpc) is 2.99. The molecule has 0 unspecified atom stereocenters. The molecule has 6 nitrogen and oxygen atoms in total. The Balaban J connectivity index is 1.85. The fourth-order valence-corrected chi connectivity index (χ4v) is 3.90. The lowest BCUT2D eigenvalue weighted by molar-refractivity contribution is -0.126. The summed E-state index contributed by atoms with van der Waals surface area (Å²) in [5, 5.41) is 10.1. The van der Waals surface area contributed by atoms with Crippen LogP contribution in [0.25, 0.3) is 0 Å². The van der Waals surface area contributed by atoms with Gasteiger partial charge in [-0.3, -0.25) is 14.7 Å². The smallest absolute Gasteiger partial charge is 0.275 e. The highest BCUT2D eigenvalue weighted by Crippen LogP contribution is 2.27. The van der Waals surface area contributed by atoms with E-state index in [1.54, 1.807) is 4.90 Å². The number of aromatic nitrogens is 2. The third-order valence-electron chi connectivity index (χ3n) is 4.74. The van der Waals surface area contributed by atoms with Crippen molar-refractivity contribution in [2.24, 2.45) is 5.92 Å². The highest BCUT2D eigenvalue weighted by atomic mass is 79.9. The largest absolute Gasteiger partial charge is 0.356 e. The summed E-state index contributed by atoms with van der Waals surface area (Å²) >= 11 is 3.49. The first-order chi connectivity index (χ1) is 12.0. The molecule has 1 aromatic heterocycles. The molecular formula is C18H29BrN4O2. The van der Waals surface area contributed by atoms with Gasteiger partial charge in [-0.05, 0) is 41.1 Å². The number of nitrogens with one attached hydrogen (secondary N) is 2.